The third kappa shape index (κ3) is 7.26. The van der Waals surface area contributed by atoms with Gasteiger partial charge in [-0.15, -0.1) is 0 Å². The van der Waals surface area contributed by atoms with Crippen molar-refractivity contribution in [2.75, 3.05) is 5.01 Å². The van der Waals surface area contributed by atoms with Crippen molar-refractivity contribution in [1.82, 2.24) is 5.01 Å². The summed E-state index contributed by atoms with van der Waals surface area (Å²) in [6.45, 7) is 4.38. The molecule has 12 heteroatoms. The zero-order valence-corrected chi connectivity index (χ0v) is 21.0. The number of ether oxygens (including phenoxy) is 2. The maximum absolute atomic E-state index is 13.5. The molecule has 0 saturated heterocycles. The molecule has 0 N–H and O–H groups in total. The van der Waals surface area contributed by atoms with Gasteiger partial charge in [0.25, 0.3) is 5.69 Å². The second-order valence-electron chi connectivity index (χ2n) is 9.06. The van der Waals surface area contributed by atoms with Crippen LogP contribution in [0.3, 0.4) is 0 Å². The first-order valence-corrected chi connectivity index (χ1v) is 11.4. The molecule has 0 aliphatic rings. The summed E-state index contributed by atoms with van der Waals surface area (Å²) in [5.41, 5.74) is -1.56. The van der Waals surface area contributed by atoms with Gasteiger partial charge in [-0.25, -0.2) is 14.6 Å². The number of amides is 2. The Morgan fingerprint density at radius 2 is 1.39 bits per heavy atom. The zero-order valence-electron chi connectivity index (χ0n) is 21.0. The van der Waals surface area contributed by atoms with E-state index >= 15 is 0 Å². The summed E-state index contributed by atoms with van der Waals surface area (Å²) in [5, 5.41) is 24.8. The summed E-state index contributed by atoms with van der Waals surface area (Å²) in [5.74, 6) is 0. The van der Waals surface area contributed by atoms with Crippen LogP contribution in [0, 0.1) is 20.2 Å². The molecule has 3 aromatic rings. The monoisotopic (exact) mass is 522 g/mol. The third-order valence-electron chi connectivity index (χ3n) is 4.99. The van der Waals surface area contributed by atoms with Crippen molar-refractivity contribution in [1.29, 1.82) is 0 Å². The van der Waals surface area contributed by atoms with Crippen LogP contribution in [0.5, 0.6) is 0 Å². The lowest BCUT2D eigenvalue weighted by atomic mass is 10.2. The lowest BCUT2D eigenvalue weighted by Gasteiger charge is -2.34. The van der Waals surface area contributed by atoms with Crippen LogP contribution >= 0.6 is 0 Å². The van der Waals surface area contributed by atoms with Gasteiger partial charge in [-0.05, 0) is 38.0 Å². The minimum atomic E-state index is -1.12. The minimum absolute atomic E-state index is 0.143. The zero-order chi connectivity index (χ0) is 27.9. The van der Waals surface area contributed by atoms with E-state index in [0.717, 1.165) is 17.1 Å². The average Bonchev–Trinajstić information content (AvgIpc) is 2.87. The highest BCUT2D eigenvalue weighted by Gasteiger charge is 2.37. The predicted molar refractivity (Wildman–Crippen MR) is 137 cm³/mol. The Hall–Kier alpha value is -5.00. The van der Waals surface area contributed by atoms with Crippen LogP contribution in [0.25, 0.3) is 0 Å². The number of nitro groups is 2. The van der Waals surface area contributed by atoms with Gasteiger partial charge in [0.1, 0.15) is 17.9 Å². The van der Waals surface area contributed by atoms with Crippen molar-refractivity contribution in [3.63, 3.8) is 0 Å². The van der Waals surface area contributed by atoms with E-state index in [-0.39, 0.29) is 13.2 Å². The Morgan fingerprint density at radius 3 is 1.92 bits per heavy atom. The molecule has 0 heterocycles. The second kappa shape index (κ2) is 11.8. The molecule has 0 aromatic heterocycles. The highest BCUT2D eigenvalue weighted by molar-refractivity contribution is 5.93. The molecule has 0 aliphatic carbocycles. The van der Waals surface area contributed by atoms with Crippen molar-refractivity contribution in [3.8, 4) is 0 Å². The fourth-order valence-corrected chi connectivity index (χ4v) is 3.35. The number of hydrazine groups is 1. The van der Waals surface area contributed by atoms with Gasteiger partial charge in [-0.2, -0.15) is 5.01 Å². The van der Waals surface area contributed by atoms with Gasteiger partial charge in [0.15, 0.2) is 0 Å². The van der Waals surface area contributed by atoms with Crippen LogP contribution in [0.2, 0.25) is 0 Å². The summed E-state index contributed by atoms with van der Waals surface area (Å²) in [6, 6.07) is 20.1. The van der Waals surface area contributed by atoms with Gasteiger partial charge in [0.05, 0.1) is 22.5 Å². The van der Waals surface area contributed by atoms with E-state index in [4.69, 9.17) is 9.47 Å². The molecular formula is C26H26N4O8. The molecule has 3 aromatic carbocycles. The van der Waals surface area contributed by atoms with Crippen molar-refractivity contribution in [2.24, 2.45) is 0 Å². The molecule has 0 atom stereocenters. The summed E-state index contributed by atoms with van der Waals surface area (Å²) < 4.78 is 10.9. The number of hydrogen-bond acceptors (Lipinski definition) is 8. The quantitative estimate of drug-likeness (QED) is 0.271. The van der Waals surface area contributed by atoms with Crippen molar-refractivity contribution in [2.45, 2.75) is 39.5 Å². The highest BCUT2D eigenvalue weighted by Crippen LogP contribution is 2.35. The summed E-state index contributed by atoms with van der Waals surface area (Å²) in [7, 11) is 0. The van der Waals surface area contributed by atoms with Gasteiger partial charge in [0, 0.05) is 6.07 Å². The number of hydrogen-bond donors (Lipinski definition) is 0. The Bertz CT molecular complexity index is 1310. The van der Waals surface area contributed by atoms with E-state index in [1.165, 1.54) is 0 Å². The molecule has 0 fully saturated rings. The van der Waals surface area contributed by atoms with E-state index in [1.807, 2.05) is 0 Å². The Labute approximate surface area is 218 Å². The maximum atomic E-state index is 13.5. The first-order chi connectivity index (χ1) is 18.0. The number of benzene rings is 3. The number of carbonyl (C=O) groups is 2. The average molecular weight is 523 g/mol. The second-order valence-corrected chi connectivity index (χ2v) is 9.06. The smallest absolute Gasteiger partial charge is 0.434 e. The van der Waals surface area contributed by atoms with Crippen molar-refractivity contribution < 1.29 is 28.9 Å². The van der Waals surface area contributed by atoms with Gasteiger partial charge >= 0.3 is 17.9 Å². The number of non-ortho nitro benzene ring substituents is 1. The Balaban J connectivity index is 2.13. The van der Waals surface area contributed by atoms with E-state index in [2.05, 4.69) is 0 Å². The van der Waals surface area contributed by atoms with E-state index in [0.29, 0.717) is 22.2 Å². The molecule has 0 aliphatic heterocycles. The van der Waals surface area contributed by atoms with Gasteiger partial charge in [0.2, 0.25) is 0 Å². The molecule has 3 rings (SSSR count). The number of anilines is 1. The largest absolute Gasteiger partial charge is 0.443 e. The third-order valence-corrected chi connectivity index (χ3v) is 4.99. The van der Waals surface area contributed by atoms with Crippen LogP contribution in [0.1, 0.15) is 31.9 Å². The van der Waals surface area contributed by atoms with Crippen LogP contribution in [-0.2, 0) is 22.6 Å². The molecule has 0 saturated carbocycles. The fraction of sp³-hybridized carbons (Fsp3) is 0.231. The van der Waals surface area contributed by atoms with Crippen molar-refractivity contribution >= 4 is 29.2 Å². The topological polar surface area (TPSA) is 145 Å². The number of carbonyl (C=O) groups excluding carboxylic acids is 2. The molecule has 0 bridgehead atoms. The molecule has 12 nitrogen and oxygen atoms in total. The summed E-state index contributed by atoms with van der Waals surface area (Å²) in [4.78, 5) is 48.4. The lowest BCUT2D eigenvalue weighted by molar-refractivity contribution is -0.393. The van der Waals surface area contributed by atoms with Gasteiger partial charge in [-0.3, -0.25) is 20.2 Å². The first kappa shape index (κ1) is 27.6. The van der Waals surface area contributed by atoms with Gasteiger partial charge in [-0.1, -0.05) is 60.7 Å². The van der Waals surface area contributed by atoms with Crippen LogP contribution < -0.4 is 5.01 Å². The SMILES string of the molecule is CC(C)(C)OC(=O)N(c1ccc([N+](=O)[O-])cc1[N+](=O)[O-])N(Cc1ccccc1)C(=O)OCc1ccccc1. The Morgan fingerprint density at radius 1 is 0.816 bits per heavy atom. The molecule has 38 heavy (non-hydrogen) atoms. The van der Waals surface area contributed by atoms with E-state index < -0.39 is 44.7 Å². The van der Waals surface area contributed by atoms with Gasteiger partial charge < -0.3 is 9.47 Å². The van der Waals surface area contributed by atoms with E-state index in [9.17, 15) is 29.8 Å². The highest BCUT2D eigenvalue weighted by atomic mass is 16.6. The predicted octanol–water partition coefficient (Wildman–Crippen LogP) is 6.00. The molecule has 0 spiro atoms. The molecule has 2 amide bonds. The standard InChI is InChI=1S/C26H26N4O8/c1-26(2,3)38-25(32)28(22-15-14-21(29(33)34)16-23(22)30(35)36)27(17-19-10-6-4-7-11-19)24(31)37-18-20-12-8-5-9-13-20/h4-16H,17-18H2,1-3H3. The lowest BCUT2D eigenvalue weighted by Crippen LogP contribution is -2.51. The van der Waals surface area contributed by atoms with Crippen LogP contribution in [-0.4, -0.2) is 32.6 Å². The number of nitrogens with zero attached hydrogens (tertiary/aromatic N) is 4. The minimum Gasteiger partial charge on any atom is -0.443 e. The van der Waals surface area contributed by atoms with Crippen molar-refractivity contribution in [3.05, 3.63) is 110 Å². The van der Waals surface area contributed by atoms with Crippen LogP contribution in [0.4, 0.5) is 26.7 Å². The number of nitro benzene ring substituents is 2. The molecule has 198 valence electrons. The molecular weight excluding hydrogens is 496 g/mol. The summed E-state index contributed by atoms with van der Waals surface area (Å²) in [6.07, 6.45) is -2.13. The van der Waals surface area contributed by atoms with E-state index in [1.54, 1.807) is 81.4 Å². The summed E-state index contributed by atoms with van der Waals surface area (Å²) >= 11 is 0. The Kier molecular flexibility index (Phi) is 8.58. The first-order valence-electron chi connectivity index (χ1n) is 11.4. The molecule has 0 radical (unpaired) electrons. The molecule has 0 unspecified atom stereocenters. The number of rotatable bonds is 7. The maximum Gasteiger partial charge on any atom is 0.434 e. The fourth-order valence-electron chi connectivity index (χ4n) is 3.35. The normalized spacial score (nSPS) is 10.8. The van der Waals surface area contributed by atoms with Crippen LogP contribution in [0.15, 0.2) is 78.9 Å².